The second kappa shape index (κ2) is 18.3. The van der Waals surface area contributed by atoms with Crippen LogP contribution in [0.15, 0.2) is 273 Å². The number of anilines is 3. The number of nitrogens with zero attached hydrogens (tertiary/aromatic N) is 5. The first-order chi connectivity index (χ1) is 37.2. The molecule has 0 radical (unpaired) electrons. The van der Waals surface area contributed by atoms with Crippen molar-refractivity contribution in [3.05, 3.63) is 286 Å². The summed E-state index contributed by atoms with van der Waals surface area (Å²) in [7, 11) is -6.38. The minimum Gasteiger partial charge on any atom is -0.340 e. The molecule has 0 aliphatic carbocycles. The number of rotatable bonds is 8. The molecule has 0 unspecified atom stereocenters. The summed E-state index contributed by atoms with van der Waals surface area (Å²) >= 11 is 0. The normalized spacial score (nSPS) is 13.0. The van der Waals surface area contributed by atoms with Gasteiger partial charge in [0.15, 0.2) is 8.07 Å². The van der Waals surface area contributed by atoms with E-state index in [2.05, 4.69) is 287 Å². The zero-order chi connectivity index (χ0) is 49.5. The van der Waals surface area contributed by atoms with Crippen LogP contribution in [0.4, 0.5) is 17.1 Å². The molecule has 5 heterocycles. The Hall–Kier alpha value is -8.74. The van der Waals surface area contributed by atoms with Gasteiger partial charge in [-0.05, 0) is 85.0 Å². The van der Waals surface area contributed by atoms with E-state index in [1.165, 1.54) is 53.3 Å². The third kappa shape index (κ3) is 6.59. The number of fused-ring (bicyclic) bond motifs is 12. The fourth-order valence-corrected chi connectivity index (χ4v) is 22.7. The van der Waals surface area contributed by atoms with Crippen LogP contribution in [0, 0.1) is 12.1 Å². The Morgan fingerprint density at radius 3 is 1.75 bits per heavy atom. The third-order valence-corrected chi connectivity index (χ3v) is 25.3. The first kappa shape index (κ1) is 45.8. The van der Waals surface area contributed by atoms with E-state index >= 15 is 0 Å². The van der Waals surface area contributed by atoms with Crippen molar-refractivity contribution in [1.82, 2.24) is 18.9 Å². The second-order valence-electron chi connectivity index (χ2n) is 19.5. The molecule has 0 atom stereocenters. The van der Waals surface area contributed by atoms with Crippen molar-refractivity contribution in [1.29, 1.82) is 0 Å². The van der Waals surface area contributed by atoms with Crippen LogP contribution in [0.25, 0.3) is 54.9 Å². The Kier molecular flexibility index (Phi) is 11.0. The zero-order valence-corrected chi connectivity index (χ0v) is 44.6. The van der Waals surface area contributed by atoms with Crippen LogP contribution in [-0.4, -0.2) is 35.1 Å². The molecule has 76 heavy (non-hydrogen) atoms. The van der Waals surface area contributed by atoms with Crippen LogP contribution in [-0.2, 0) is 20.4 Å². The molecular formula is C68H45N5PdSi2. The minimum absolute atomic E-state index is 0. The van der Waals surface area contributed by atoms with E-state index in [9.17, 15) is 0 Å². The standard InChI is InChI=1S/C68H45N5Si2.Pd/c1-6-22-48(23-7-1)72-61-37-18-19-38-64(61)75(52-29-12-4-13-30-52,53-31-14-5-15-32-53)66-63(72)42-41-62-65(66)58-35-21-43-69-68(58)73(62)49-24-20-33-54(46-49)74(50-25-8-2-9-26-50,51-27-10-3-11-28-51)55-39-40-56-57-34-16-17-36-60(57)71-45-44-70-67(71)59(56)47-55;/h1-45H;/q-2;+2. The van der Waals surface area contributed by atoms with Crippen LogP contribution in [0.2, 0.25) is 0 Å². The molecule has 0 amide bonds. The molecule has 0 saturated carbocycles. The molecule has 8 heteroatoms. The molecule has 15 rings (SSSR count). The maximum absolute atomic E-state index is 5.35. The quantitative estimate of drug-likeness (QED) is 0.0659. The van der Waals surface area contributed by atoms with Crippen molar-refractivity contribution in [2.24, 2.45) is 0 Å². The van der Waals surface area contributed by atoms with Crippen LogP contribution >= 0.6 is 0 Å². The van der Waals surface area contributed by atoms with Gasteiger partial charge in [-0.25, -0.2) is 4.98 Å². The minimum atomic E-state index is -3.23. The summed E-state index contributed by atoms with van der Waals surface area (Å²) in [5, 5.41) is 15.7. The Bertz CT molecular complexity index is 4410. The molecule has 0 bridgehead atoms. The topological polar surface area (TPSA) is 38.4 Å². The fraction of sp³-hybridized carbons (Fsp3) is 0. The molecule has 360 valence electrons. The number of pyridine rings is 2. The summed E-state index contributed by atoms with van der Waals surface area (Å²) in [5.41, 5.74) is 8.43. The average molecular weight is 1090 g/mol. The number of benzene rings is 10. The van der Waals surface area contributed by atoms with Gasteiger partial charge in [0.25, 0.3) is 0 Å². The third-order valence-electron chi connectivity index (χ3n) is 15.8. The van der Waals surface area contributed by atoms with Crippen LogP contribution in [0.1, 0.15) is 0 Å². The maximum Gasteiger partial charge on any atom is 2.00 e. The summed E-state index contributed by atoms with van der Waals surface area (Å²) in [6, 6.07) is 102. The van der Waals surface area contributed by atoms with E-state index in [1.54, 1.807) is 0 Å². The SMILES string of the molecule is [Pd+2].[c-]1c(-n2c3ccc4c(c3c3cccnc32)[Si](c2ccccc2)(c2ccccc2)c2ccccc2N4c2ccccc2)cccc1[Si](c1[c-]c2c(cc1)c1ccccc1n1ccnc21)(c1ccccc1)c1ccccc1. The predicted molar refractivity (Wildman–Crippen MR) is 315 cm³/mol. The van der Waals surface area contributed by atoms with Gasteiger partial charge >= 0.3 is 20.4 Å². The van der Waals surface area contributed by atoms with Crippen molar-refractivity contribution in [3.63, 3.8) is 0 Å². The average Bonchev–Trinajstić information content (AvgIpc) is 4.26. The molecule has 0 fully saturated rings. The number of imidazole rings is 1. The maximum atomic E-state index is 5.35. The van der Waals surface area contributed by atoms with Crippen molar-refractivity contribution in [2.75, 3.05) is 4.90 Å². The van der Waals surface area contributed by atoms with Crippen LogP contribution in [0.5, 0.6) is 0 Å². The fourth-order valence-electron chi connectivity index (χ4n) is 12.8. The van der Waals surface area contributed by atoms with Gasteiger partial charge in [-0.2, -0.15) is 23.4 Å². The summed E-state index contributed by atoms with van der Waals surface area (Å²) < 4.78 is 4.59. The Morgan fingerprint density at radius 2 is 1.03 bits per heavy atom. The van der Waals surface area contributed by atoms with Crippen LogP contribution in [0.3, 0.4) is 0 Å². The van der Waals surface area contributed by atoms with Gasteiger partial charge in [0, 0.05) is 51.9 Å². The molecule has 10 aromatic carbocycles. The smallest absolute Gasteiger partial charge is 0.340 e. The van der Waals surface area contributed by atoms with Crippen molar-refractivity contribution >= 4 is 124 Å². The van der Waals surface area contributed by atoms with Gasteiger partial charge in [0.05, 0.1) is 11.2 Å². The monoisotopic (exact) mass is 1090 g/mol. The molecule has 1 aliphatic heterocycles. The van der Waals surface area contributed by atoms with E-state index < -0.39 is 16.1 Å². The van der Waals surface area contributed by atoms with E-state index in [0.717, 1.165) is 60.2 Å². The first-order valence-corrected chi connectivity index (χ1v) is 29.6. The molecule has 0 saturated heterocycles. The van der Waals surface area contributed by atoms with Gasteiger partial charge in [-0.15, -0.1) is 34.8 Å². The van der Waals surface area contributed by atoms with Gasteiger partial charge in [-0.1, -0.05) is 187 Å². The number of hydrogen-bond acceptors (Lipinski definition) is 3. The molecule has 1 aliphatic rings. The molecule has 14 aromatic rings. The number of hydrogen-bond donors (Lipinski definition) is 0. The van der Waals surface area contributed by atoms with Crippen molar-refractivity contribution in [2.45, 2.75) is 0 Å². The summed E-state index contributed by atoms with van der Waals surface area (Å²) in [6.45, 7) is 0. The summed E-state index contributed by atoms with van der Waals surface area (Å²) in [6.07, 6.45) is 5.91. The van der Waals surface area contributed by atoms with E-state index in [1.807, 2.05) is 12.4 Å². The Labute approximate surface area is 456 Å². The second-order valence-corrected chi connectivity index (χ2v) is 26.9. The summed E-state index contributed by atoms with van der Waals surface area (Å²) in [4.78, 5) is 12.8. The predicted octanol–water partition coefficient (Wildman–Crippen LogP) is 10.3. The summed E-state index contributed by atoms with van der Waals surface area (Å²) in [5.74, 6) is 0. The number of aromatic nitrogens is 4. The molecule has 0 N–H and O–H groups in total. The zero-order valence-electron chi connectivity index (χ0n) is 41.0. The van der Waals surface area contributed by atoms with Crippen LogP contribution < -0.4 is 46.4 Å². The molecule has 5 nitrogen and oxygen atoms in total. The van der Waals surface area contributed by atoms with E-state index in [-0.39, 0.29) is 20.4 Å². The largest absolute Gasteiger partial charge is 2.00 e. The number of para-hydroxylation sites is 3. The van der Waals surface area contributed by atoms with Gasteiger partial charge in [0.2, 0.25) is 0 Å². The van der Waals surface area contributed by atoms with E-state index in [0.29, 0.717) is 0 Å². The molecule has 4 aromatic heterocycles. The Morgan fingerprint density at radius 1 is 0.421 bits per heavy atom. The Balaban J connectivity index is 0.00000528. The van der Waals surface area contributed by atoms with Gasteiger partial charge in [0.1, 0.15) is 13.7 Å². The van der Waals surface area contributed by atoms with Gasteiger partial charge in [-0.3, -0.25) is 4.98 Å². The van der Waals surface area contributed by atoms with E-state index in [4.69, 9.17) is 9.97 Å². The molecule has 0 spiro atoms. The molecular weight excluding hydrogens is 1050 g/mol. The van der Waals surface area contributed by atoms with Crippen molar-refractivity contribution in [3.8, 4) is 5.69 Å². The first-order valence-electron chi connectivity index (χ1n) is 25.6. The van der Waals surface area contributed by atoms with Gasteiger partial charge < -0.3 is 13.9 Å². The van der Waals surface area contributed by atoms with Crippen molar-refractivity contribution < 1.29 is 20.4 Å².